The van der Waals surface area contributed by atoms with Gasteiger partial charge in [0.1, 0.15) is 5.82 Å². The molecule has 0 saturated heterocycles. The molecule has 0 unspecified atom stereocenters. The Morgan fingerprint density at radius 2 is 1.94 bits per heavy atom. The van der Waals surface area contributed by atoms with Crippen LogP contribution in [0.3, 0.4) is 0 Å². The number of nitrogens with zero attached hydrogens (tertiary/aromatic N) is 1. The second-order valence-electron chi connectivity index (χ2n) is 4.04. The molecule has 3 rings (SSSR count). The van der Waals surface area contributed by atoms with Crippen LogP contribution >= 0.6 is 0 Å². The summed E-state index contributed by atoms with van der Waals surface area (Å²) in [5.41, 5.74) is 2.58. The number of hydrogen-bond donors (Lipinski definition) is 1. The molecular formula is C12H11FN2O. The summed E-state index contributed by atoms with van der Waals surface area (Å²) < 4.78 is 14.3. The molecular weight excluding hydrogens is 207 g/mol. The van der Waals surface area contributed by atoms with Gasteiger partial charge in [-0.15, -0.1) is 0 Å². The molecule has 0 radical (unpaired) electrons. The van der Waals surface area contributed by atoms with Crippen LogP contribution in [0, 0.1) is 5.82 Å². The number of aromatic nitrogens is 2. The van der Waals surface area contributed by atoms with E-state index in [1.165, 1.54) is 16.8 Å². The van der Waals surface area contributed by atoms with Gasteiger partial charge >= 0.3 is 0 Å². The number of nitrogens with one attached hydrogen (secondary N) is 1. The summed E-state index contributed by atoms with van der Waals surface area (Å²) in [6, 6.07) is 5.91. The van der Waals surface area contributed by atoms with Gasteiger partial charge in [-0.1, -0.05) is 0 Å². The standard InChI is InChI=1S/C12H11FN2O/c13-8-4-6-9(7-5-8)15-12(16)10-2-1-3-11(10)14-15/h4-7,14H,1-3H2. The van der Waals surface area contributed by atoms with E-state index in [2.05, 4.69) is 5.10 Å². The maximum Gasteiger partial charge on any atom is 0.274 e. The van der Waals surface area contributed by atoms with E-state index in [0.717, 1.165) is 30.5 Å². The van der Waals surface area contributed by atoms with E-state index in [1.54, 1.807) is 12.1 Å². The molecule has 1 aliphatic carbocycles. The minimum atomic E-state index is -0.295. The molecule has 1 N–H and O–H groups in total. The first-order valence-corrected chi connectivity index (χ1v) is 5.34. The molecule has 1 aromatic heterocycles. The van der Waals surface area contributed by atoms with Gasteiger partial charge in [-0.05, 0) is 43.5 Å². The van der Waals surface area contributed by atoms with Crippen molar-refractivity contribution in [3.8, 4) is 5.69 Å². The lowest BCUT2D eigenvalue weighted by Crippen LogP contribution is -2.17. The Balaban J connectivity index is 2.14. The van der Waals surface area contributed by atoms with Gasteiger partial charge < -0.3 is 0 Å². The topological polar surface area (TPSA) is 37.8 Å². The zero-order valence-corrected chi connectivity index (χ0v) is 8.66. The zero-order valence-electron chi connectivity index (χ0n) is 8.66. The van der Waals surface area contributed by atoms with E-state index < -0.39 is 0 Å². The summed E-state index contributed by atoms with van der Waals surface area (Å²) in [4.78, 5) is 12.0. The quantitative estimate of drug-likeness (QED) is 0.778. The summed E-state index contributed by atoms with van der Waals surface area (Å²) in [6.45, 7) is 0. The molecule has 0 atom stereocenters. The van der Waals surface area contributed by atoms with Crippen LogP contribution < -0.4 is 5.56 Å². The van der Waals surface area contributed by atoms with Gasteiger partial charge in [0.2, 0.25) is 0 Å². The number of rotatable bonds is 1. The number of aromatic amines is 1. The highest BCUT2D eigenvalue weighted by atomic mass is 19.1. The highest BCUT2D eigenvalue weighted by molar-refractivity contribution is 5.34. The van der Waals surface area contributed by atoms with Crippen LogP contribution in [-0.4, -0.2) is 9.78 Å². The predicted octanol–water partition coefficient (Wildman–Crippen LogP) is 1.79. The van der Waals surface area contributed by atoms with Gasteiger partial charge in [0.05, 0.1) is 5.69 Å². The number of hydrogen-bond acceptors (Lipinski definition) is 1. The summed E-state index contributed by atoms with van der Waals surface area (Å²) in [6.07, 6.45) is 2.82. The molecule has 1 aliphatic rings. The van der Waals surface area contributed by atoms with E-state index in [-0.39, 0.29) is 11.4 Å². The Kier molecular flexibility index (Phi) is 1.96. The lowest BCUT2D eigenvalue weighted by Gasteiger charge is -2.01. The van der Waals surface area contributed by atoms with Crippen molar-refractivity contribution in [2.24, 2.45) is 0 Å². The first-order chi connectivity index (χ1) is 7.75. The monoisotopic (exact) mass is 218 g/mol. The third kappa shape index (κ3) is 1.30. The van der Waals surface area contributed by atoms with Crippen molar-refractivity contribution in [3.05, 3.63) is 51.7 Å². The van der Waals surface area contributed by atoms with E-state index in [0.29, 0.717) is 5.69 Å². The highest BCUT2D eigenvalue weighted by Crippen LogP contribution is 2.17. The third-order valence-electron chi connectivity index (χ3n) is 3.01. The van der Waals surface area contributed by atoms with Crippen LogP contribution in [-0.2, 0) is 12.8 Å². The zero-order chi connectivity index (χ0) is 11.1. The average molecular weight is 218 g/mol. The number of aryl methyl sites for hydroxylation is 1. The third-order valence-corrected chi connectivity index (χ3v) is 3.01. The predicted molar refractivity (Wildman–Crippen MR) is 58.4 cm³/mol. The number of H-pyrrole nitrogens is 1. The van der Waals surface area contributed by atoms with Crippen molar-refractivity contribution in [3.63, 3.8) is 0 Å². The molecule has 3 nitrogen and oxygen atoms in total. The Bertz CT molecular complexity index is 580. The number of halogens is 1. The lowest BCUT2D eigenvalue weighted by molar-refractivity contribution is 0.626. The molecule has 0 saturated carbocycles. The number of benzene rings is 1. The molecule has 82 valence electrons. The van der Waals surface area contributed by atoms with Crippen LogP contribution in [0.15, 0.2) is 29.1 Å². The molecule has 0 spiro atoms. The first-order valence-electron chi connectivity index (χ1n) is 5.34. The number of fused-ring (bicyclic) bond motifs is 1. The summed E-state index contributed by atoms with van der Waals surface area (Å²) in [7, 11) is 0. The molecule has 0 bridgehead atoms. The van der Waals surface area contributed by atoms with Crippen molar-refractivity contribution in [2.75, 3.05) is 0 Å². The van der Waals surface area contributed by atoms with Crippen molar-refractivity contribution >= 4 is 0 Å². The summed E-state index contributed by atoms with van der Waals surface area (Å²) >= 11 is 0. The molecule has 1 heterocycles. The molecule has 0 fully saturated rings. The second-order valence-corrected chi connectivity index (χ2v) is 4.04. The molecule has 1 aromatic carbocycles. The lowest BCUT2D eigenvalue weighted by atomic mass is 10.3. The smallest absolute Gasteiger partial charge is 0.274 e. The van der Waals surface area contributed by atoms with Gasteiger partial charge in [0.25, 0.3) is 5.56 Å². The van der Waals surface area contributed by atoms with Crippen LogP contribution in [0.2, 0.25) is 0 Å². The fourth-order valence-electron chi connectivity index (χ4n) is 2.20. The largest absolute Gasteiger partial charge is 0.295 e. The minimum Gasteiger partial charge on any atom is -0.295 e. The maximum atomic E-state index is 12.8. The van der Waals surface area contributed by atoms with Gasteiger partial charge in [0, 0.05) is 11.3 Å². The van der Waals surface area contributed by atoms with Crippen molar-refractivity contribution < 1.29 is 4.39 Å². The Labute approximate surface area is 91.5 Å². The van der Waals surface area contributed by atoms with E-state index >= 15 is 0 Å². The van der Waals surface area contributed by atoms with Crippen LogP contribution in [0.4, 0.5) is 4.39 Å². The van der Waals surface area contributed by atoms with E-state index in [4.69, 9.17) is 0 Å². The summed E-state index contributed by atoms with van der Waals surface area (Å²) in [5.74, 6) is -0.295. The van der Waals surface area contributed by atoms with Crippen LogP contribution in [0.25, 0.3) is 5.69 Å². The van der Waals surface area contributed by atoms with Crippen LogP contribution in [0.5, 0.6) is 0 Å². The van der Waals surface area contributed by atoms with E-state index in [1.807, 2.05) is 0 Å². The first kappa shape index (κ1) is 9.39. The fraction of sp³-hybridized carbons (Fsp3) is 0.250. The SMILES string of the molecule is O=c1c2c([nH]n1-c1ccc(F)cc1)CCC2. The molecule has 16 heavy (non-hydrogen) atoms. The fourth-order valence-corrected chi connectivity index (χ4v) is 2.20. The van der Waals surface area contributed by atoms with Gasteiger partial charge in [-0.25, -0.2) is 9.07 Å². The van der Waals surface area contributed by atoms with Crippen molar-refractivity contribution in [1.82, 2.24) is 9.78 Å². The van der Waals surface area contributed by atoms with Crippen molar-refractivity contribution in [1.29, 1.82) is 0 Å². The minimum absolute atomic E-state index is 0.000826. The Hall–Kier alpha value is -1.84. The van der Waals surface area contributed by atoms with Gasteiger partial charge in [-0.3, -0.25) is 9.89 Å². The van der Waals surface area contributed by atoms with Crippen LogP contribution in [0.1, 0.15) is 17.7 Å². The maximum absolute atomic E-state index is 12.8. The molecule has 2 aromatic rings. The Morgan fingerprint density at radius 1 is 1.19 bits per heavy atom. The van der Waals surface area contributed by atoms with Gasteiger partial charge in [0.15, 0.2) is 0 Å². The van der Waals surface area contributed by atoms with Crippen molar-refractivity contribution in [2.45, 2.75) is 19.3 Å². The molecule has 4 heteroatoms. The molecule has 0 amide bonds. The summed E-state index contributed by atoms with van der Waals surface area (Å²) in [5, 5.41) is 3.08. The van der Waals surface area contributed by atoms with E-state index in [9.17, 15) is 9.18 Å². The Morgan fingerprint density at radius 3 is 2.62 bits per heavy atom. The van der Waals surface area contributed by atoms with Gasteiger partial charge in [-0.2, -0.15) is 0 Å². The normalized spacial score (nSPS) is 14.1. The molecule has 0 aliphatic heterocycles. The second kappa shape index (κ2) is 3.33. The highest BCUT2D eigenvalue weighted by Gasteiger charge is 2.19. The average Bonchev–Trinajstić information content (AvgIpc) is 2.84.